The Labute approximate surface area is 143 Å². The number of nitrogens with zero attached hydrogens (tertiary/aromatic N) is 2. The molecule has 0 spiro atoms. The van der Waals surface area contributed by atoms with E-state index in [2.05, 4.69) is 28.8 Å². The summed E-state index contributed by atoms with van der Waals surface area (Å²) in [5.41, 5.74) is 7.12. The Bertz CT molecular complexity index is 791. The predicted molar refractivity (Wildman–Crippen MR) is 99.5 cm³/mol. The number of rotatable bonds is 5. The molecule has 2 aromatic heterocycles. The lowest BCUT2D eigenvalue weighted by Crippen LogP contribution is -2.13. The number of nitrogens with two attached hydrogens (primary N) is 1. The minimum absolute atomic E-state index is 0.0136. The molecule has 3 N–H and O–H groups in total. The van der Waals surface area contributed by atoms with Gasteiger partial charge in [0, 0.05) is 11.4 Å². The fourth-order valence-corrected chi connectivity index (χ4v) is 4.62. The van der Waals surface area contributed by atoms with Crippen LogP contribution in [0.25, 0.3) is 10.2 Å². The van der Waals surface area contributed by atoms with Gasteiger partial charge in [0.15, 0.2) is 5.17 Å². The number of hydrogen-bond donors (Lipinski definition) is 2. The van der Waals surface area contributed by atoms with E-state index in [1.807, 2.05) is 0 Å². The molecule has 0 saturated heterocycles. The van der Waals surface area contributed by atoms with Gasteiger partial charge in [-0.15, -0.1) is 11.3 Å². The zero-order chi connectivity index (χ0) is 16.4. The SMILES string of the molecule is CC(C)CCN=C(N)SCc1nc2sc3c(c2c(=O)[nH]1)CCC3. The van der Waals surface area contributed by atoms with E-state index < -0.39 is 0 Å². The van der Waals surface area contributed by atoms with E-state index in [4.69, 9.17) is 5.73 Å². The number of aryl methyl sites for hydroxylation is 2. The number of aliphatic imine (C=N–C) groups is 1. The summed E-state index contributed by atoms with van der Waals surface area (Å²) in [6, 6.07) is 0. The highest BCUT2D eigenvalue weighted by molar-refractivity contribution is 8.13. The average Bonchev–Trinajstić information content (AvgIpc) is 3.04. The van der Waals surface area contributed by atoms with Crippen LogP contribution in [0.5, 0.6) is 0 Å². The summed E-state index contributed by atoms with van der Waals surface area (Å²) in [6.07, 6.45) is 4.26. The maximum Gasteiger partial charge on any atom is 0.259 e. The highest BCUT2D eigenvalue weighted by Crippen LogP contribution is 2.34. The Kier molecular flexibility index (Phi) is 5.06. The van der Waals surface area contributed by atoms with Crippen molar-refractivity contribution >= 4 is 38.5 Å². The van der Waals surface area contributed by atoms with Crippen molar-refractivity contribution in [3.63, 3.8) is 0 Å². The maximum absolute atomic E-state index is 12.4. The van der Waals surface area contributed by atoms with Crippen LogP contribution in [-0.2, 0) is 18.6 Å². The van der Waals surface area contributed by atoms with Crippen molar-refractivity contribution in [1.29, 1.82) is 0 Å². The van der Waals surface area contributed by atoms with Crippen molar-refractivity contribution in [2.45, 2.75) is 45.3 Å². The van der Waals surface area contributed by atoms with Gasteiger partial charge < -0.3 is 10.7 Å². The van der Waals surface area contributed by atoms with Crippen LogP contribution >= 0.6 is 23.1 Å². The van der Waals surface area contributed by atoms with Gasteiger partial charge in [0.2, 0.25) is 0 Å². The third-order valence-corrected chi connectivity index (χ3v) is 5.98. The van der Waals surface area contributed by atoms with Gasteiger partial charge in [0.05, 0.1) is 11.1 Å². The van der Waals surface area contributed by atoms with Crippen molar-refractivity contribution in [3.8, 4) is 0 Å². The van der Waals surface area contributed by atoms with Gasteiger partial charge in [0.25, 0.3) is 5.56 Å². The minimum Gasteiger partial charge on any atom is -0.379 e. The molecule has 124 valence electrons. The third kappa shape index (κ3) is 3.77. The highest BCUT2D eigenvalue weighted by Gasteiger charge is 2.21. The molecule has 0 unspecified atom stereocenters. The Hall–Kier alpha value is -1.34. The van der Waals surface area contributed by atoms with E-state index in [1.165, 1.54) is 22.2 Å². The lowest BCUT2D eigenvalue weighted by atomic mass is 10.1. The van der Waals surface area contributed by atoms with Crippen LogP contribution in [0.3, 0.4) is 0 Å². The number of aromatic nitrogens is 2. The first kappa shape index (κ1) is 16.5. The maximum atomic E-state index is 12.4. The number of hydrogen-bond acceptors (Lipinski definition) is 5. The van der Waals surface area contributed by atoms with Crippen molar-refractivity contribution in [1.82, 2.24) is 9.97 Å². The van der Waals surface area contributed by atoms with E-state index in [0.29, 0.717) is 22.7 Å². The molecular formula is C16H22N4OS2. The van der Waals surface area contributed by atoms with Gasteiger partial charge in [0.1, 0.15) is 10.7 Å². The highest BCUT2D eigenvalue weighted by atomic mass is 32.2. The number of aromatic amines is 1. The second kappa shape index (κ2) is 7.05. The van der Waals surface area contributed by atoms with E-state index >= 15 is 0 Å². The van der Waals surface area contributed by atoms with Crippen LogP contribution in [0, 0.1) is 5.92 Å². The summed E-state index contributed by atoms with van der Waals surface area (Å²) in [4.78, 5) is 26.4. The van der Waals surface area contributed by atoms with Crippen molar-refractivity contribution in [2.75, 3.05) is 6.54 Å². The normalized spacial score (nSPS) is 14.8. The molecule has 2 aromatic rings. The van der Waals surface area contributed by atoms with Crippen LogP contribution in [0.1, 0.15) is 43.0 Å². The molecule has 23 heavy (non-hydrogen) atoms. The molecule has 0 fully saturated rings. The molecule has 0 aromatic carbocycles. The molecule has 2 heterocycles. The molecule has 1 aliphatic rings. The number of thioether (sulfide) groups is 1. The second-order valence-electron chi connectivity index (χ2n) is 6.24. The fourth-order valence-electron chi connectivity index (χ4n) is 2.74. The number of H-pyrrole nitrogens is 1. The number of nitrogens with one attached hydrogen (secondary N) is 1. The van der Waals surface area contributed by atoms with Crippen molar-refractivity contribution < 1.29 is 0 Å². The second-order valence-corrected chi connectivity index (χ2v) is 8.32. The van der Waals surface area contributed by atoms with Crippen LogP contribution in [-0.4, -0.2) is 21.7 Å². The van der Waals surface area contributed by atoms with E-state index in [1.54, 1.807) is 11.3 Å². The minimum atomic E-state index is -0.0136. The Balaban J connectivity index is 1.71. The molecular weight excluding hydrogens is 328 g/mol. The van der Waals surface area contributed by atoms with Gasteiger partial charge in [-0.05, 0) is 37.2 Å². The average molecular weight is 351 g/mol. The van der Waals surface area contributed by atoms with Gasteiger partial charge >= 0.3 is 0 Å². The predicted octanol–water partition coefficient (Wildman–Crippen LogP) is 3.07. The summed E-state index contributed by atoms with van der Waals surface area (Å²) >= 11 is 3.09. The third-order valence-electron chi connectivity index (χ3n) is 3.95. The summed E-state index contributed by atoms with van der Waals surface area (Å²) < 4.78 is 0. The summed E-state index contributed by atoms with van der Waals surface area (Å²) in [5.74, 6) is 1.84. The van der Waals surface area contributed by atoms with Crippen LogP contribution in [0.15, 0.2) is 9.79 Å². The molecule has 0 aliphatic heterocycles. The smallest absolute Gasteiger partial charge is 0.259 e. The standard InChI is InChI=1S/C16H22N4OS2/c1-9(2)6-7-18-16(17)22-8-12-19-14(21)13-10-4-3-5-11(10)23-15(13)20-12/h9H,3-8H2,1-2H3,(H2,17,18)(H,19,20,21). The molecule has 0 radical (unpaired) electrons. The summed E-state index contributed by atoms with van der Waals surface area (Å²) in [7, 11) is 0. The zero-order valence-corrected chi connectivity index (χ0v) is 15.1. The molecule has 0 atom stereocenters. The number of thiophene rings is 1. The molecule has 0 saturated carbocycles. The Morgan fingerprint density at radius 3 is 3.09 bits per heavy atom. The number of amidine groups is 1. The molecule has 0 amide bonds. The van der Waals surface area contributed by atoms with Gasteiger partial charge in [-0.2, -0.15) is 0 Å². The van der Waals surface area contributed by atoms with Crippen LogP contribution in [0.2, 0.25) is 0 Å². The van der Waals surface area contributed by atoms with Crippen molar-refractivity contribution in [3.05, 3.63) is 26.6 Å². The molecule has 3 rings (SSSR count). The lowest BCUT2D eigenvalue weighted by Gasteiger charge is -2.03. The summed E-state index contributed by atoms with van der Waals surface area (Å²) in [5, 5.41) is 1.36. The first-order valence-corrected chi connectivity index (χ1v) is 9.81. The zero-order valence-electron chi connectivity index (χ0n) is 13.5. The van der Waals surface area contributed by atoms with Crippen LogP contribution < -0.4 is 11.3 Å². The van der Waals surface area contributed by atoms with Gasteiger partial charge in [-0.3, -0.25) is 9.79 Å². The Morgan fingerprint density at radius 1 is 1.48 bits per heavy atom. The topological polar surface area (TPSA) is 84.1 Å². The molecule has 1 aliphatic carbocycles. The Morgan fingerprint density at radius 2 is 2.30 bits per heavy atom. The molecule has 0 bridgehead atoms. The van der Waals surface area contributed by atoms with Gasteiger partial charge in [-0.25, -0.2) is 4.98 Å². The van der Waals surface area contributed by atoms with Crippen LogP contribution in [0.4, 0.5) is 0 Å². The van der Waals surface area contributed by atoms with E-state index in [-0.39, 0.29) is 5.56 Å². The summed E-state index contributed by atoms with van der Waals surface area (Å²) in [6.45, 7) is 5.08. The lowest BCUT2D eigenvalue weighted by molar-refractivity contribution is 0.597. The van der Waals surface area contributed by atoms with E-state index in [9.17, 15) is 4.79 Å². The number of fused-ring (bicyclic) bond motifs is 3. The van der Waals surface area contributed by atoms with Crippen molar-refractivity contribution in [2.24, 2.45) is 16.6 Å². The molecule has 5 nitrogen and oxygen atoms in total. The largest absolute Gasteiger partial charge is 0.379 e. The first-order chi connectivity index (χ1) is 11.0. The quantitative estimate of drug-likeness (QED) is 0.641. The van der Waals surface area contributed by atoms with Gasteiger partial charge in [-0.1, -0.05) is 25.6 Å². The first-order valence-electron chi connectivity index (χ1n) is 8.00. The fraction of sp³-hybridized carbons (Fsp3) is 0.562. The molecule has 7 heteroatoms. The monoisotopic (exact) mass is 350 g/mol. The van der Waals surface area contributed by atoms with E-state index in [0.717, 1.165) is 42.4 Å².